The van der Waals surface area contributed by atoms with Crippen LogP contribution in [0.4, 0.5) is 0 Å². The van der Waals surface area contributed by atoms with Crippen molar-refractivity contribution in [2.45, 2.75) is 20.3 Å². The van der Waals surface area contributed by atoms with E-state index in [4.69, 9.17) is 9.47 Å². The average molecular weight is 284 g/mol. The van der Waals surface area contributed by atoms with Crippen molar-refractivity contribution in [3.05, 3.63) is 35.8 Å². The van der Waals surface area contributed by atoms with Gasteiger partial charge in [0.05, 0.1) is 0 Å². The number of carbonyl (C=O) groups excluding carboxylic acids is 2. The molecule has 0 rings (SSSR count). The highest BCUT2D eigenvalue weighted by Gasteiger charge is 2.03. The summed E-state index contributed by atoms with van der Waals surface area (Å²) in [6.45, 7) is 7.39. The van der Waals surface area contributed by atoms with Gasteiger partial charge < -0.3 is 9.47 Å². The second-order valence-electron chi connectivity index (χ2n) is 3.53. The van der Waals surface area contributed by atoms with Gasteiger partial charge in [0.2, 0.25) is 0 Å². The minimum absolute atomic E-state index is 0.166. The van der Waals surface area contributed by atoms with Crippen molar-refractivity contribution in [1.82, 2.24) is 0 Å². The number of carbonyl (C=O) groups is 2. The van der Waals surface area contributed by atoms with Gasteiger partial charge in [-0.25, -0.2) is 4.79 Å². The minimum Gasteiger partial charge on any atom is -0.461 e. The summed E-state index contributed by atoms with van der Waals surface area (Å²) in [6, 6.07) is 0. The van der Waals surface area contributed by atoms with E-state index in [9.17, 15) is 9.59 Å². The van der Waals surface area contributed by atoms with Crippen LogP contribution < -0.4 is 0 Å². The van der Waals surface area contributed by atoms with E-state index in [1.165, 1.54) is 11.8 Å². The van der Waals surface area contributed by atoms with E-state index < -0.39 is 0 Å². The van der Waals surface area contributed by atoms with Crippen LogP contribution >= 0.6 is 11.8 Å². The van der Waals surface area contributed by atoms with Gasteiger partial charge in [0.25, 0.3) is 0 Å². The third-order valence-electron chi connectivity index (χ3n) is 1.90. The maximum atomic E-state index is 11.5. The normalized spacial score (nSPS) is 11.4. The van der Waals surface area contributed by atoms with Crippen molar-refractivity contribution in [1.29, 1.82) is 0 Å². The van der Waals surface area contributed by atoms with Crippen molar-refractivity contribution in [3.8, 4) is 0 Å². The molecule has 0 atom stereocenters. The predicted molar refractivity (Wildman–Crippen MR) is 77.8 cm³/mol. The van der Waals surface area contributed by atoms with Crippen LogP contribution in [-0.2, 0) is 19.1 Å². The lowest BCUT2D eigenvalue weighted by Gasteiger charge is -2.01. The molecule has 0 N–H and O–H groups in total. The summed E-state index contributed by atoms with van der Waals surface area (Å²) in [4.78, 5) is 22.3. The lowest BCUT2D eigenvalue weighted by atomic mass is 10.4. The number of esters is 2. The molecular formula is C14H20O4S. The van der Waals surface area contributed by atoms with Gasteiger partial charge in [-0.3, -0.25) is 4.79 Å². The van der Waals surface area contributed by atoms with Crippen molar-refractivity contribution < 1.29 is 19.1 Å². The molecule has 0 spiro atoms. The zero-order valence-corrected chi connectivity index (χ0v) is 12.2. The minimum atomic E-state index is -0.355. The zero-order chi connectivity index (χ0) is 14.5. The Hall–Kier alpha value is -1.49. The first-order valence-corrected chi connectivity index (χ1v) is 7.03. The molecule has 0 aromatic rings. The van der Waals surface area contributed by atoms with E-state index in [2.05, 4.69) is 6.58 Å². The van der Waals surface area contributed by atoms with Gasteiger partial charge in [-0.15, -0.1) is 18.3 Å². The van der Waals surface area contributed by atoms with Crippen molar-refractivity contribution in [2.75, 3.05) is 19.0 Å². The van der Waals surface area contributed by atoms with Crippen LogP contribution in [0.3, 0.4) is 0 Å². The third kappa shape index (κ3) is 10.1. The van der Waals surface area contributed by atoms with Crippen LogP contribution in [0.2, 0.25) is 0 Å². The molecule has 0 aromatic carbocycles. The quantitative estimate of drug-likeness (QED) is 0.282. The second kappa shape index (κ2) is 11.6. The summed E-state index contributed by atoms with van der Waals surface area (Å²) in [5.41, 5.74) is 0.553. The maximum absolute atomic E-state index is 11.5. The molecule has 0 aliphatic heterocycles. The molecular weight excluding hydrogens is 264 g/mol. The molecule has 0 radical (unpaired) electrons. The smallest absolute Gasteiger partial charge is 0.334 e. The Balaban J connectivity index is 3.78. The Morgan fingerprint density at radius 1 is 1.21 bits per heavy atom. The van der Waals surface area contributed by atoms with E-state index in [0.717, 1.165) is 5.75 Å². The molecule has 0 bridgehead atoms. The zero-order valence-electron chi connectivity index (χ0n) is 11.4. The van der Waals surface area contributed by atoms with Crippen LogP contribution in [0.15, 0.2) is 35.8 Å². The fourth-order valence-corrected chi connectivity index (χ4v) is 1.48. The van der Waals surface area contributed by atoms with Crippen LogP contribution in [0.25, 0.3) is 0 Å². The van der Waals surface area contributed by atoms with Crippen LogP contribution in [-0.4, -0.2) is 30.9 Å². The molecule has 0 aliphatic rings. The summed E-state index contributed by atoms with van der Waals surface area (Å²) in [7, 11) is 0. The molecule has 0 heterocycles. The van der Waals surface area contributed by atoms with Crippen molar-refractivity contribution in [2.24, 2.45) is 0 Å². The summed E-state index contributed by atoms with van der Waals surface area (Å²) in [6.07, 6.45) is 5.41. The summed E-state index contributed by atoms with van der Waals surface area (Å²) >= 11 is 1.49. The second-order valence-corrected chi connectivity index (χ2v) is 4.43. The molecule has 5 heteroatoms. The standard InChI is InChI=1S/C14H20O4S/c1-4-10-19-11-12(3)14(16)18-9-7-6-8-17-13(15)5-2/h4,6-7,11H,1,5,8-10H2,2-3H3. The average Bonchev–Trinajstić information content (AvgIpc) is 2.42. The molecule has 0 unspecified atom stereocenters. The Labute approximate surface area is 118 Å². The van der Waals surface area contributed by atoms with Gasteiger partial charge in [-0.2, -0.15) is 0 Å². The SMILES string of the molecule is C=CCSC=C(C)C(=O)OCC=CCOC(=O)CC. The lowest BCUT2D eigenvalue weighted by Crippen LogP contribution is -2.06. The number of ether oxygens (including phenoxy) is 2. The molecule has 0 saturated heterocycles. The number of hydrogen-bond donors (Lipinski definition) is 0. The summed E-state index contributed by atoms with van der Waals surface area (Å²) in [5, 5.41) is 1.75. The molecule has 19 heavy (non-hydrogen) atoms. The topological polar surface area (TPSA) is 52.6 Å². The van der Waals surface area contributed by atoms with Gasteiger partial charge in [0.15, 0.2) is 0 Å². The van der Waals surface area contributed by atoms with Crippen LogP contribution in [0, 0.1) is 0 Å². The van der Waals surface area contributed by atoms with E-state index in [-0.39, 0.29) is 25.2 Å². The van der Waals surface area contributed by atoms with Crippen LogP contribution in [0.5, 0.6) is 0 Å². The number of hydrogen-bond acceptors (Lipinski definition) is 5. The number of rotatable bonds is 9. The highest BCUT2D eigenvalue weighted by atomic mass is 32.2. The Bertz CT molecular complexity index is 358. The monoisotopic (exact) mass is 284 g/mol. The van der Waals surface area contributed by atoms with Gasteiger partial charge in [-0.05, 0) is 24.5 Å². The van der Waals surface area contributed by atoms with E-state index in [1.54, 1.807) is 37.5 Å². The first-order valence-electron chi connectivity index (χ1n) is 5.98. The maximum Gasteiger partial charge on any atom is 0.334 e. The highest BCUT2D eigenvalue weighted by molar-refractivity contribution is 8.02. The number of thioether (sulfide) groups is 1. The van der Waals surface area contributed by atoms with Crippen molar-refractivity contribution >= 4 is 23.7 Å². The van der Waals surface area contributed by atoms with E-state index >= 15 is 0 Å². The van der Waals surface area contributed by atoms with Gasteiger partial charge in [0.1, 0.15) is 13.2 Å². The van der Waals surface area contributed by atoms with Crippen LogP contribution in [0.1, 0.15) is 20.3 Å². The molecule has 106 valence electrons. The molecule has 0 aliphatic carbocycles. The van der Waals surface area contributed by atoms with Crippen molar-refractivity contribution in [3.63, 3.8) is 0 Å². The lowest BCUT2D eigenvalue weighted by molar-refractivity contribution is -0.142. The Morgan fingerprint density at radius 2 is 1.84 bits per heavy atom. The summed E-state index contributed by atoms with van der Waals surface area (Å²) < 4.78 is 9.82. The Morgan fingerprint density at radius 3 is 2.42 bits per heavy atom. The molecule has 0 aromatic heterocycles. The van der Waals surface area contributed by atoms with E-state index in [1.807, 2.05) is 0 Å². The molecule has 0 saturated carbocycles. The van der Waals surface area contributed by atoms with Gasteiger partial charge >= 0.3 is 11.9 Å². The summed E-state index contributed by atoms with van der Waals surface area (Å²) in [5.74, 6) is 0.152. The Kier molecular flexibility index (Phi) is 10.7. The fourth-order valence-electron chi connectivity index (χ4n) is 0.906. The first kappa shape index (κ1) is 17.5. The predicted octanol–water partition coefficient (Wildman–Crippen LogP) is 2.86. The van der Waals surface area contributed by atoms with E-state index in [0.29, 0.717) is 12.0 Å². The fraction of sp³-hybridized carbons (Fsp3) is 0.429. The van der Waals surface area contributed by atoms with Gasteiger partial charge in [0, 0.05) is 17.7 Å². The molecule has 0 amide bonds. The third-order valence-corrected chi connectivity index (χ3v) is 2.85. The molecule has 4 nitrogen and oxygen atoms in total. The van der Waals surface area contributed by atoms with Gasteiger partial charge in [-0.1, -0.05) is 13.0 Å². The molecule has 0 fully saturated rings. The largest absolute Gasteiger partial charge is 0.461 e. The highest BCUT2D eigenvalue weighted by Crippen LogP contribution is 2.08. The first-order chi connectivity index (χ1) is 9.11.